The van der Waals surface area contributed by atoms with E-state index >= 15 is 0 Å². The molecule has 1 atom stereocenters. The molecule has 6 heteroatoms. The Morgan fingerprint density at radius 2 is 2.28 bits per heavy atom. The summed E-state index contributed by atoms with van der Waals surface area (Å²) in [5, 5.41) is 0. The van der Waals surface area contributed by atoms with Gasteiger partial charge in [-0.05, 0) is 49.5 Å². The molecule has 0 amide bonds. The van der Waals surface area contributed by atoms with Crippen LogP contribution < -0.4 is 5.73 Å². The Hall–Kier alpha value is -0.980. The van der Waals surface area contributed by atoms with Crippen LogP contribution in [0.4, 0.5) is 4.39 Å². The number of aromatic nitrogens is 2. The smallest absolute Gasteiger partial charge is 0.174 e. The first kappa shape index (κ1) is 13.5. The van der Waals surface area contributed by atoms with Crippen molar-refractivity contribution in [3.8, 4) is 0 Å². The minimum atomic E-state index is -0.231. The molecule has 1 aromatic carbocycles. The summed E-state index contributed by atoms with van der Waals surface area (Å²) in [5.74, 6) is 0.488. The van der Waals surface area contributed by atoms with Crippen molar-refractivity contribution in [2.24, 2.45) is 5.73 Å². The molecule has 2 rings (SSSR count). The van der Waals surface area contributed by atoms with E-state index in [0.717, 1.165) is 15.7 Å². The van der Waals surface area contributed by atoms with Crippen molar-refractivity contribution in [3.05, 3.63) is 35.4 Å². The SMILES string of the molecule is Cc1nsc(Sc2ccc(CC(C)N)cc2F)n1. The van der Waals surface area contributed by atoms with E-state index in [0.29, 0.717) is 11.3 Å². The highest BCUT2D eigenvalue weighted by Gasteiger charge is 2.09. The van der Waals surface area contributed by atoms with E-state index in [1.54, 1.807) is 12.1 Å². The topological polar surface area (TPSA) is 51.8 Å². The Kier molecular flexibility index (Phi) is 4.31. The summed E-state index contributed by atoms with van der Waals surface area (Å²) < 4.78 is 18.7. The third kappa shape index (κ3) is 3.51. The van der Waals surface area contributed by atoms with Gasteiger partial charge in [0.15, 0.2) is 4.34 Å². The highest BCUT2D eigenvalue weighted by molar-refractivity contribution is 8.01. The molecule has 0 saturated carbocycles. The molecule has 0 bridgehead atoms. The summed E-state index contributed by atoms with van der Waals surface area (Å²) in [7, 11) is 0. The fourth-order valence-corrected chi connectivity index (χ4v) is 3.15. The lowest BCUT2D eigenvalue weighted by atomic mass is 10.1. The molecule has 1 unspecified atom stereocenters. The lowest BCUT2D eigenvalue weighted by molar-refractivity contribution is 0.597. The van der Waals surface area contributed by atoms with Gasteiger partial charge < -0.3 is 5.73 Å². The predicted octanol–water partition coefficient (Wildman–Crippen LogP) is 3.03. The molecule has 3 nitrogen and oxygen atoms in total. The van der Waals surface area contributed by atoms with Gasteiger partial charge in [-0.25, -0.2) is 9.37 Å². The lowest BCUT2D eigenvalue weighted by Crippen LogP contribution is -2.17. The summed E-state index contributed by atoms with van der Waals surface area (Å²) in [6, 6.07) is 5.25. The Morgan fingerprint density at radius 3 is 2.83 bits per heavy atom. The van der Waals surface area contributed by atoms with E-state index in [9.17, 15) is 4.39 Å². The molecule has 2 aromatic rings. The zero-order chi connectivity index (χ0) is 13.1. The van der Waals surface area contributed by atoms with Gasteiger partial charge >= 0.3 is 0 Å². The summed E-state index contributed by atoms with van der Waals surface area (Å²) in [6.45, 7) is 3.73. The summed E-state index contributed by atoms with van der Waals surface area (Å²) in [5.41, 5.74) is 6.61. The zero-order valence-corrected chi connectivity index (χ0v) is 11.8. The van der Waals surface area contributed by atoms with Crippen LogP contribution in [0.5, 0.6) is 0 Å². The number of halogens is 1. The molecule has 0 spiro atoms. The number of benzene rings is 1. The maximum Gasteiger partial charge on any atom is 0.174 e. The third-order valence-electron chi connectivity index (χ3n) is 2.26. The van der Waals surface area contributed by atoms with E-state index in [1.807, 2.05) is 19.9 Å². The van der Waals surface area contributed by atoms with Crippen molar-refractivity contribution in [1.29, 1.82) is 0 Å². The summed E-state index contributed by atoms with van der Waals surface area (Å²) in [4.78, 5) is 4.77. The Morgan fingerprint density at radius 1 is 1.50 bits per heavy atom. The van der Waals surface area contributed by atoms with Crippen LogP contribution in [0.15, 0.2) is 27.4 Å². The van der Waals surface area contributed by atoms with Gasteiger partial charge in [-0.3, -0.25) is 0 Å². The Bertz CT molecular complexity index is 540. The molecule has 0 fully saturated rings. The van der Waals surface area contributed by atoms with Gasteiger partial charge in [-0.15, -0.1) is 0 Å². The minimum Gasteiger partial charge on any atom is -0.328 e. The average molecular weight is 283 g/mol. The van der Waals surface area contributed by atoms with Crippen LogP contribution in [0.1, 0.15) is 18.3 Å². The molecule has 96 valence electrons. The van der Waals surface area contributed by atoms with Crippen molar-refractivity contribution in [2.45, 2.75) is 35.5 Å². The van der Waals surface area contributed by atoms with E-state index in [1.165, 1.54) is 23.3 Å². The second-order valence-corrected chi connectivity index (χ2v) is 6.20. The molecule has 0 aliphatic rings. The normalized spacial score (nSPS) is 12.7. The Labute approximate surface area is 114 Å². The number of nitrogens with zero attached hydrogens (tertiary/aromatic N) is 2. The third-order valence-corrected chi connectivity index (χ3v) is 4.15. The number of hydrogen-bond donors (Lipinski definition) is 1. The first-order valence-electron chi connectivity index (χ1n) is 5.57. The minimum absolute atomic E-state index is 0.0358. The van der Waals surface area contributed by atoms with Crippen LogP contribution in [0.2, 0.25) is 0 Å². The van der Waals surface area contributed by atoms with Crippen LogP contribution in [0.3, 0.4) is 0 Å². The second kappa shape index (κ2) is 5.77. The molecule has 18 heavy (non-hydrogen) atoms. The number of rotatable bonds is 4. The van der Waals surface area contributed by atoms with E-state index < -0.39 is 0 Å². The number of nitrogens with two attached hydrogens (primary N) is 1. The van der Waals surface area contributed by atoms with Crippen LogP contribution in [0, 0.1) is 12.7 Å². The lowest BCUT2D eigenvalue weighted by Gasteiger charge is -2.07. The molecular formula is C12H14FN3S2. The van der Waals surface area contributed by atoms with Gasteiger partial charge in [-0.1, -0.05) is 17.8 Å². The van der Waals surface area contributed by atoms with Gasteiger partial charge in [0, 0.05) is 6.04 Å². The largest absolute Gasteiger partial charge is 0.328 e. The van der Waals surface area contributed by atoms with Crippen LogP contribution in [0.25, 0.3) is 0 Å². The van der Waals surface area contributed by atoms with E-state index in [4.69, 9.17) is 5.73 Å². The first-order valence-corrected chi connectivity index (χ1v) is 7.16. The summed E-state index contributed by atoms with van der Waals surface area (Å²) in [6.07, 6.45) is 0.680. The number of aryl methyl sites for hydroxylation is 1. The summed E-state index contributed by atoms with van der Waals surface area (Å²) >= 11 is 2.58. The molecule has 0 aliphatic heterocycles. The first-order chi connectivity index (χ1) is 8.54. The van der Waals surface area contributed by atoms with Crippen LogP contribution in [-0.4, -0.2) is 15.4 Å². The second-order valence-electron chi connectivity index (χ2n) is 4.16. The quantitative estimate of drug-likeness (QED) is 0.937. The van der Waals surface area contributed by atoms with Crippen molar-refractivity contribution >= 4 is 23.3 Å². The molecule has 0 radical (unpaired) electrons. The van der Waals surface area contributed by atoms with Gasteiger partial charge in [0.05, 0.1) is 4.90 Å². The fourth-order valence-electron chi connectivity index (χ4n) is 1.54. The van der Waals surface area contributed by atoms with Crippen molar-refractivity contribution < 1.29 is 4.39 Å². The van der Waals surface area contributed by atoms with Crippen LogP contribution >= 0.6 is 23.3 Å². The van der Waals surface area contributed by atoms with Crippen molar-refractivity contribution in [2.75, 3.05) is 0 Å². The zero-order valence-electron chi connectivity index (χ0n) is 10.2. The maximum absolute atomic E-state index is 13.9. The molecular weight excluding hydrogens is 269 g/mol. The van der Waals surface area contributed by atoms with Crippen molar-refractivity contribution in [1.82, 2.24) is 9.36 Å². The molecule has 0 aliphatic carbocycles. The monoisotopic (exact) mass is 283 g/mol. The van der Waals surface area contributed by atoms with Gasteiger partial charge in [0.2, 0.25) is 0 Å². The predicted molar refractivity (Wildman–Crippen MR) is 72.5 cm³/mol. The fraction of sp³-hybridized carbons (Fsp3) is 0.333. The standard InChI is InChI=1S/C12H14FN3S2/c1-7(14)5-9-3-4-11(10(13)6-9)17-12-15-8(2)16-18-12/h3-4,6-7H,5,14H2,1-2H3. The maximum atomic E-state index is 13.9. The average Bonchev–Trinajstić information content (AvgIpc) is 2.67. The van der Waals surface area contributed by atoms with E-state index in [-0.39, 0.29) is 11.9 Å². The van der Waals surface area contributed by atoms with Gasteiger partial charge in [0.1, 0.15) is 11.6 Å². The Balaban J connectivity index is 2.14. The highest BCUT2D eigenvalue weighted by atomic mass is 32.2. The van der Waals surface area contributed by atoms with Gasteiger partial charge in [-0.2, -0.15) is 4.37 Å². The number of hydrogen-bond acceptors (Lipinski definition) is 5. The van der Waals surface area contributed by atoms with Crippen LogP contribution in [-0.2, 0) is 6.42 Å². The molecule has 1 heterocycles. The van der Waals surface area contributed by atoms with Crippen molar-refractivity contribution in [3.63, 3.8) is 0 Å². The highest BCUT2D eigenvalue weighted by Crippen LogP contribution is 2.31. The molecule has 0 saturated heterocycles. The molecule has 1 aromatic heterocycles. The molecule has 2 N–H and O–H groups in total. The van der Waals surface area contributed by atoms with E-state index in [2.05, 4.69) is 9.36 Å². The van der Waals surface area contributed by atoms with Gasteiger partial charge in [0.25, 0.3) is 0 Å².